The first-order valence-electron chi connectivity index (χ1n) is 8.08. The van der Waals surface area contributed by atoms with Gasteiger partial charge in [0.25, 0.3) is 0 Å². The van der Waals surface area contributed by atoms with E-state index in [9.17, 15) is 14.4 Å². The molecule has 2 N–H and O–H groups in total. The Bertz CT molecular complexity index is 852. The number of thioether (sulfide) groups is 1. The van der Waals surface area contributed by atoms with Crippen LogP contribution in [0, 0.1) is 0 Å². The number of hydrogen-bond acceptors (Lipinski definition) is 9. The maximum absolute atomic E-state index is 10.7. The van der Waals surface area contributed by atoms with Gasteiger partial charge >= 0.3 is 35.5 Å². The van der Waals surface area contributed by atoms with Gasteiger partial charge < -0.3 is 24.9 Å². The van der Waals surface area contributed by atoms with Crippen LogP contribution in [0.5, 0.6) is 11.5 Å². The summed E-state index contributed by atoms with van der Waals surface area (Å²) in [5.74, 6) is 0.104. The number of rotatable bonds is 8. The van der Waals surface area contributed by atoms with E-state index in [1.165, 1.54) is 13.4 Å². The normalized spacial score (nSPS) is 8.50. The van der Waals surface area contributed by atoms with Crippen molar-refractivity contribution >= 4 is 60.8 Å². The molecule has 2 rings (SSSR count). The number of carboxylic acid groups (broad SMARTS) is 1. The van der Waals surface area contributed by atoms with Crippen LogP contribution < -0.4 is 39.0 Å². The molecule has 0 unspecified atom stereocenters. The molecule has 0 fully saturated rings. The summed E-state index contributed by atoms with van der Waals surface area (Å²) in [6.45, 7) is 0. The zero-order valence-corrected chi connectivity index (χ0v) is 22.1. The molecule has 0 aliphatic heterocycles. The number of halogens is 1. The Morgan fingerprint density at radius 2 is 1.56 bits per heavy atom. The fourth-order valence-electron chi connectivity index (χ4n) is 1.87. The van der Waals surface area contributed by atoms with Crippen LogP contribution in [0.15, 0.2) is 46.2 Å². The van der Waals surface area contributed by atoms with Gasteiger partial charge in [-0.25, -0.2) is 6.29 Å². The topological polar surface area (TPSA) is 137 Å². The van der Waals surface area contributed by atoms with E-state index in [4.69, 9.17) is 31.0 Å². The summed E-state index contributed by atoms with van der Waals surface area (Å²) in [5.41, 5.74) is 0.994. The number of benzene rings is 2. The molecule has 0 saturated carbocycles. The van der Waals surface area contributed by atoms with Crippen molar-refractivity contribution in [3.05, 3.63) is 47.5 Å². The van der Waals surface area contributed by atoms with E-state index < -0.39 is 5.97 Å². The van der Waals surface area contributed by atoms with E-state index in [0.717, 1.165) is 18.0 Å². The molecule has 0 amide bonds. The molecule has 0 atom stereocenters. The molecule has 32 heavy (non-hydrogen) atoms. The summed E-state index contributed by atoms with van der Waals surface area (Å²) in [6.07, 6.45) is 2.89. The molecule has 0 spiro atoms. The minimum absolute atomic E-state index is 0. The first-order valence-corrected chi connectivity index (χ1v) is 10.1. The Kier molecular flexibility index (Phi) is 23.4. The molecule has 12 heteroatoms. The minimum atomic E-state index is -0.928. The van der Waals surface area contributed by atoms with E-state index in [2.05, 4.69) is 12.6 Å². The van der Waals surface area contributed by atoms with Crippen molar-refractivity contribution in [2.75, 3.05) is 25.9 Å². The zero-order valence-electron chi connectivity index (χ0n) is 17.6. The SMILES string of the molecule is COc1cccc(C=O)c1S.COc1cccc(C=O)c1SCC(=O)O.O=[C-]CCl.[Na+].[OH-]. The number of carbonyl (C=O) groups is 3. The van der Waals surface area contributed by atoms with Crippen molar-refractivity contribution < 1.29 is 68.8 Å². The van der Waals surface area contributed by atoms with Crippen LogP contribution in [-0.4, -0.2) is 61.3 Å². The van der Waals surface area contributed by atoms with Crippen LogP contribution in [0.4, 0.5) is 0 Å². The van der Waals surface area contributed by atoms with Crippen molar-refractivity contribution in [2.45, 2.75) is 9.79 Å². The molecule has 0 aromatic heterocycles. The summed E-state index contributed by atoms with van der Waals surface area (Å²) in [6, 6.07) is 10.2. The van der Waals surface area contributed by atoms with Gasteiger partial charge in [0.15, 0.2) is 12.6 Å². The average Bonchev–Trinajstić information content (AvgIpc) is 2.78. The predicted octanol–water partition coefficient (Wildman–Crippen LogP) is 0.643. The first kappa shape index (κ1) is 35.1. The molecule has 0 saturated heterocycles. The number of ether oxygens (including phenoxy) is 2. The number of hydrogen-bond donors (Lipinski definition) is 2. The molecule has 0 radical (unpaired) electrons. The quantitative estimate of drug-likeness (QED) is 0.131. The second-order valence-electron chi connectivity index (χ2n) is 4.97. The van der Waals surface area contributed by atoms with Gasteiger partial charge in [-0.1, -0.05) is 30.1 Å². The largest absolute Gasteiger partial charge is 1.00 e. The van der Waals surface area contributed by atoms with E-state index >= 15 is 0 Å². The van der Waals surface area contributed by atoms with Crippen molar-refractivity contribution in [3.63, 3.8) is 0 Å². The second-order valence-corrected chi connectivity index (χ2v) is 6.67. The molecule has 170 valence electrons. The van der Waals surface area contributed by atoms with Gasteiger partial charge in [-0.15, -0.1) is 24.4 Å². The van der Waals surface area contributed by atoms with E-state index in [0.29, 0.717) is 38.7 Å². The van der Waals surface area contributed by atoms with Crippen LogP contribution in [0.2, 0.25) is 0 Å². The third-order valence-corrected chi connectivity index (χ3v) is 4.83. The fourth-order valence-corrected chi connectivity index (χ4v) is 3.01. The minimum Gasteiger partial charge on any atom is -0.870 e. The van der Waals surface area contributed by atoms with Gasteiger partial charge in [-0.05, 0) is 12.1 Å². The monoisotopic (exact) mass is 511 g/mol. The van der Waals surface area contributed by atoms with Crippen LogP contribution in [0.25, 0.3) is 0 Å². The van der Waals surface area contributed by atoms with Crippen molar-refractivity contribution in [1.29, 1.82) is 0 Å². The molecule has 0 heterocycles. The summed E-state index contributed by atoms with van der Waals surface area (Å²) >= 11 is 9.95. The number of methoxy groups -OCH3 is 2. The molecule has 0 aliphatic rings. The Labute approximate surface area is 223 Å². The zero-order chi connectivity index (χ0) is 22.9. The Hall–Kier alpha value is -1.53. The molecular formula is C20H21ClNaO8S2-. The van der Waals surface area contributed by atoms with Crippen LogP contribution in [0.1, 0.15) is 20.7 Å². The third-order valence-electron chi connectivity index (χ3n) is 3.13. The van der Waals surface area contributed by atoms with E-state index in [-0.39, 0.29) is 46.7 Å². The standard InChI is InChI=1S/C10H10O4S.C8H8O2S.C2H2ClO.Na.H2O/c1-14-8-4-2-3-7(5-11)10(8)15-6-9(12)13;1-10-7-4-2-3-6(5-9)8(7)11;3-1-2-4;;/h2-5H,6H2,1H3,(H,12,13);2-5,11H,1H3;1H2;;1H2/q;;-1;+1;/p-1. The molecule has 0 aliphatic carbocycles. The van der Waals surface area contributed by atoms with Crippen molar-refractivity contribution in [2.24, 2.45) is 0 Å². The molecule has 0 bridgehead atoms. The maximum atomic E-state index is 10.7. The first-order chi connectivity index (χ1) is 14.4. The van der Waals surface area contributed by atoms with Crippen LogP contribution in [-0.2, 0) is 9.59 Å². The number of aliphatic carboxylic acids is 1. The van der Waals surface area contributed by atoms with Gasteiger partial charge in [-0.3, -0.25) is 14.4 Å². The smallest absolute Gasteiger partial charge is 0.870 e. The fraction of sp³-hybridized carbons (Fsp3) is 0.200. The molecular weight excluding hydrogens is 491 g/mol. The van der Waals surface area contributed by atoms with Crippen molar-refractivity contribution in [3.8, 4) is 11.5 Å². The van der Waals surface area contributed by atoms with Crippen LogP contribution in [0.3, 0.4) is 0 Å². The number of alkyl halides is 1. The summed E-state index contributed by atoms with van der Waals surface area (Å²) in [7, 11) is 3.03. The van der Waals surface area contributed by atoms with E-state index in [1.807, 2.05) is 0 Å². The number of thiol groups is 1. The van der Waals surface area contributed by atoms with Gasteiger partial charge in [-0.2, -0.15) is 11.6 Å². The Balaban J connectivity index is -0.000000439. The Morgan fingerprint density at radius 1 is 1.09 bits per heavy atom. The van der Waals surface area contributed by atoms with Gasteiger partial charge in [0.2, 0.25) is 0 Å². The van der Waals surface area contributed by atoms with Gasteiger partial charge in [0.05, 0.1) is 29.8 Å². The summed E-state index contributed by atoms with van der Waals surface area (Å²) < 4.78 is 10.00. The number of carboxylic acids is 1. The third kappa shape index (κ3) is 13.1. The Morgan fingerprint density at radius 3 is 1.97 bits per heavy atom. The second kappa shape index (κ2) is 21.3. The maximum Gasteiger partial charge on any atom is 1.00 e. The average molecular weight is 512 g/mol. The van der Waals surface area contributed by atoms with Gasteiger partial charge in [0, 0.05) is 11.1 Å². The van der Waals surface area contributed by atoms with Crippen LogP contribution >= 0.6 is 36.0 Å². The van der Waals surface area contributed by atoms with Gasteiger partial charge in [0.1, 0.15) is 11.5 Å². The number of carbonyl (C=O) groups excluding carboxylic acids is 3. The predicted molar refractivity (Wildman–Crippen MR) is 121 cm³/mol. The van der Waals surface area contributed by atoms with Crippen molar-refractivity contribution in [1.82, 2.24) is 0 Å². The summed E-state index contributed by atoms with van der Waals surface area (Å²) in [4.78, 5) is 41.6. The molecule has 2 aromatic carbocycles. The molecule has 8 nitrogen and oxygen atoms in total. The summed E-state index contributed by atoms with van der Waals surface area (Å²) in [5, 5.41) is 8.55. The number of aldehydes is 2. The molecule has 2 aromatic rings. The van der Waals surface area contributed by atoms with E-state index in [1.54, 1.807) is 43.5 Å².